The Morgan fingerprint density at radius 2 is 1.83 bits per heavy atom. The lowest BCUT2D eigenvalue weighted by atomic mass is 10.2. The van der Waals surface area contributed by atoms with E-state index < -0.39 is 10.0 Å². The lowest BCUT2D eigenvalue weighted by Gasteiger charge is -2.16. The molecule has 0 aliphatic rings. The maximum Gasteiger partial charge on any atom is 0.264 e. The third kappa shape index (κ3) is 5.58. The van der Waals surface area contributed by atoms with Crippen LogP contribution in [0.5, 0.6) is 11.5 Å². The van der Waals surface area contributed by atoms with Gasteiger partial charge < -0.3 is 14.0 Å². The van der Waals surface area contributed by atoms with Crippen LogP contribution in [0.3, 0.4) is 0 Å². The summed E-state index contributed by atoms with van der Waals surface area (Å²) in [5.41, 5.74) is 1.09. The molecular weight excluding hydrogens is 406 g/mol. The van der Waals surface area contributed by atoms with E-state index in [0.717, 1.165) is 11.3 Å². The third-order valence-electron chi connectivity index (χ3n) is 4.36. The summed E-state index contributed by atoms with van der Waals surface area (Å²) < 4.78 is 42.9. The van der Waals surface area contributed by atoms with Crippen molar-refractivity contribution in [1.29, 1.82) is 0 Å². The van der Waals surface area contributed by atoms with Crippen molar-refractivity contribution in [3.8, 4) is 11.5 Å². The first-order valence-electron chi connectivity index (χ1n) is 9.58. The van der Waals surface area contributed by atoms with Gasteiger partial charge in [-0.2, -0.15) is 4.98 Å². The first-order valence-corrected chi connectivity index (χ1v) is 11.0. The largest absolute Gasteiger partial charge is 0.494 e. The van der Waals surface area contributed by atoms with E-state index in [4.69, 9.17) is 14.0 Å². The molecule has 160 valence electrons. The Morgan fingerprint density at radius 3 is 2.53 bits per heavy atom. The molecular formula is C21H25N3O5S. The summed E-state index contributed by atoms with van der Waals surface area (Å²) in [6.07, 6.45) is 0.320. The topological polar surface area (TPSA) is 94.8 Å². The van der Waals surface area contributed by atoms with Crippen molar-refractivity contribution in [3.05, 3.63) is 65.8 Å². The Kier molecular flexibility index (Phi) is 7.07. The van der Waals surface area contributed by atoms with E-state index in [-0.39, 0.29) is 18.0 Å². The Balaban J connectivity index is 1.54. The molecule has 0 amide bonds. The summed E-state index contributed by atoms with van der Waals surface area (Å²) >= 11 is 0. The van der Waals surface area contributed by atoms with Gasteiger partial charge in [0.2, 0.25) is 10.0 Å². The van der Waals surface area contributed by atoms with Crippen molar-refractivity contribution in [2.45, 2.75) is 31.8 Å². The summed E-state index contributed by atoms with van der Waals surface area (Å²) in [6.45, 7) is 4.74. The minimum absolute atomic E-state index is 0.150. The van der Waals surface area contributed by atoms with Crippen LogP contribution in [0.15, 0.2) is 57.9 Å². The molecule has 1 aromatic heterocycles. The van der Waals surface area contributed by atoms with E-state index in [1.807, 2.05) is 38.1 Å². The molecule has 30 heavy (non-hydrogen) atoms. The van der Waals surface area contributed by atoms with Gasteiger partial charge in [-0.15, -0.1) is 0 Å². The predicted octanol–water partition coefficient (Wildman–Crippen LogP) is 3.22. The van der Waals surface area contributed by atoms with Crippen LogP contribution in [0.4, 0.5) is 0 Å². The smallest absolute Gasteiger partial charge is 0.264 e. The predicted molar refractivity (Wildman–Crippen MR) is 111 cm³/mol. The number of rotatable bonds is 10. The zero-order valence-corrected chi connectivity index (χ0v) is 18.1. The molecule has 3 rings (SSSR count). The molecule has 0 saturated carbocycles. The van der Waals surface area contributed by atoms with Gasteiger partial charge in [-0.1, -0.05) is 17.3 Å². The van der Waals surface area contributed by atoms with Crippen LogP contribution in [-0.2, 0) is 23.1 Å². The van der Waals surface area contributed by atoms with E-state index in [2.05, 4.69) is 10.1 Å². The molecule has 0 radical (unpaired) electrons. The Bertz CT molecular complexity index is 1060. The van der Waals surface area contributed by atoms with Gasteiger partial charge in [-0.05, 0) is 55.8 Å². The molecule has 8 nitrogen and oxygen atoms in total. The van der Waals surface area contributed by atoms with Gasteiger partial charge in [0, 0.05) is 20.0 Å². The number of hydrogen-bond acceptors (Lipinski definition) is 7. The van der Waals surface area contributed by atoms with Gasteiger partial charge in [-0.3, -0.25) is 0 Å². The summed E-state index contributed by atoms with van der Waals surface area (Å²) in [4.78, 5) is 4.47. The fourth-order valence-electron chi connectivity index (χ4n) is 2.73. The molecule has 0 unspecified atom stereocenters. The van der Waals surface area contributed by atoms with Crippen LogP contribution in [0.25, 0.3) is 0 Å². The molecule has 2 aromatic carbocycles. The minimum Gasteiger partial charge on any atom is -0.494 e. The summed E-state index contributed by atoms with van der Waals surface area (Å²) in [5, 5.41) is 3.90. The first kappa shape index (κ1) is 21.8. The van der Waals surface area contributed by atoms with Crippen LogP contribution in [0, 0.1) is 6.92 Å². The number of likely N-dealkylation sites (N-methyl/N-ethyl adjacent to an activating group) is 1. The molecule has 9 heteroatoms. The summed E-state index contributed by atoms with van der Waals surface area (Å²) in [7, 11) is -2.10. The number of benzene rings is 2. The van der Waals surface area contributed by atoms with Gasteiger partial charge >= 0.3 is 0 Å². The Morgan fingerprint density at radius 1 is 1.07 bits per heavy atom. The van der Waals surface area contributed by atoms with Gasteiger partial charge in [0.1, 0.15) is 11.5 Å². The molecule has 3 aromatic rings. The third-order valence-corrected chi connectivity index (χ3v) is 6.23. The summed E-state index contributed by atoms with van der Waals surface area (Å²) in [5.74, 6) is 2.11. The summed E-state index contributed by atoms with van der Waals surface area (Å²) in [6, 6.07) is 14.0. The van der Waals surface area contributed by atoms with Gasteiger partial charge in [0.15, 0.2) is 12.4 Å². The fourth-order valence-corrected chi connectivity index (χ4v) is 3.90. The molecule has 0 aliphatic carbocycles. The van der Waals surface area contributed by atoms with Crippen molar-refractivity contribution in [2.75, 3.05) is 20.2 Å². The molecule has 0 spiro atoms. The Hall–Kier alpha value is -2.91. The van der Waals surface area contributed by atoms with Gasteiger partial charge in [0.25, 0.3) is 5.89 Å². The highest BCUT2D eigenvalue weighted by Crippen LogP contribution is 2.19. The van der Waals surface area contributed by atoms with E-state index in [0.29, 0.717) is 30.5 Å². The van der Waals surface area contributed by atoms with Crippen LogP contribution >= 0.6 is 0 Å². The van der Waals surface area contributed by atoms with Crippen LogP contribution in [-0.4, -0.2) is 43.1 Å². The monoisotopic (exact) mass is 431 g/mol. The molecule has 0 fully saturated rings. The number of sulfonamides is 1. The highest BCUT2D eigenvalue weighted by Gasteiger charge is 2.21. The van der Waals surface area contributed by atoms with E-state index in [9.17, 15) is 8.42 Å². The number of hydrogen-bond donors (Lipinski definition) is 0. The quantitative estimate of drug-likeness (QED) is 0.486. The Labute approximate surface area is 176 Å². The lowest BCUT2D eigenvalue weighted by Crippen LogP contribution is -2.29. The first-order chi connectivity index (χ1) is 14.4. The number of aryl methyl sites for hydroxylation is 1. The van der Waals surface area contributed by atoms with Crippen molar-refractivity contribution in [2.24, 2.45) is 0 Å². The molecule has 0 N–H and O–H groups in total. The SMILES string of the molecule is CCOc1ccc(S(=O)(=O)N(C)CCc2noc(COc3cccc(C)c3)n2)cc1. The van der Waals surface area contributed by atoms with Gasteiger partial charge in [-0.25, -0.2) is 12.7 Å². The second-order valence-corrected chi connectivity index (χ2v) is 8.74. The highest BCUT2D eigenvalue weighted by atomic mass is 32.2. The maximum absolute atomic E-state index is 12.7. The number of aromatic nitrogens is 2. The van der Waals surface area contributed by atoms with Crippen molar-refractivity contribution < 1.29 is 22.4 Å². The lowest BCUT2D eigenvalue weighted by molar-refractivity contribution is 0.242. The second-order valence-electron chi connectivity index (χ2n) is 6.69. The van der Waals surface area contributed by atoms with E-state index in [1.54, 1.807) is 12.1 Å². The fraction of sp³-hybridized carbons (Fsp3) is 0.333. The van der Waals surface area contributed by atoms with Crippen molar-refractivity contribution in [1.82, 2.24) is 14.4 Å². The minimum atomic E-state index is -3.62. The number of ether oxygens (including phenoxy) is 2. The van der Waals surface area contributed by atoms with Crippen molar-refractivity contribution >= 4 is 10.0 Å². The van der Waals surface area contributed by atoms with Crippen LogP contribution < -0.4 is 9.47 Å². The zero-order valence-electron chi connectivity index (χ0n) is 17.2. The molecule has 0 bridgehead atoms. The van der Waals surface area contributed by atoms with Crippen molar-refractivity contribution in [3.63, 3.8) is 0 Å². The molecule has 0 aliphatic heterocycles. The number of nitrogens with zero attached hydrogens (tertiary/aromatic N) is 3. The average molecular weight is 432 g/mol. The zero-order chi connectivity index (χ0) is 21.6. The van der Waals surface area contributed by atoms with Gasteiger partial charge in [0.05, 0.1) is 11.5 Å². The standard InChI is InChI=1S/C21H25N3O5S/c1-4-27-17-8-10-19(11-9-17)30(25,26)24(3)13-12-20-22-21(29-23-20)15-28-18-7-5-6-16(2)14-18/h5-11,14H,4,12-13,15H2,1-3H3. The van der Waals surface area contributed by atoms with Crippen LogP contribution in [0.2, 0.25) is 0 Å². The molecule has 0 saturated heterocycles. The van der Waals surface area contributed by atoms with Crippen LogP contribution in [0.1, 0.15) is 24.2 Å². The van der Waals surface area contributed by atoms with E-state index >= 15 is 0 Å². The normalized spacial score (nSPS) is 11.6. The maximum atomic E-state index is 12.7. The molecule has 0 atom stereocenters. The second kappa shape index (κ2) is 9.73. The average Bonchev–Trinajstić information content (AvgIpc) is 3.19. The molecule has 1 heterocycles. The van der Waals surface area contributed by atoms with E-state index in [1.165, 1.54) is 23.5 Å². The highest BCUT2D eigenvalue weighted by molar-refractivity contribution is 7.89.